The zero-order valence-corrected chi connectivity index (χ0v) is 17.8. The van der Waals surface area contributed by atoms with Gasteiger partial charge in [-0.3, -0.25) is 9.59 Å². The molecule has 0 radical (unpaired) electrons. The zero-order valence-electron chi connectivity index (χ0n) is 16.3. The molecule has 1 aliphatic heterocycles. The predicted octanol–water partition coefficient (Wildman–Crippen LogP) is 4.81. The van der Waals surface area contributed by atoms with Gasteiger partial charge in [-0.25, -0.2) is 0 Å². The zero-order chi connectivity index (χ0) is 22.6. The number of ether oxygens (including phenoxy) is 1. The summed E-state index contributed by atoms with van der Waals surface area (Å²) in [6.07, 6.45) is -6.04. The van der Waals surface area contributed by atoms with Crippen molar-refractivity contribution in [2.45, 2.75) is 19.2 Å². The third-order valence-corrected chi connectivity index (χ3v) is 5.37. The van der Waals surface area contributed by atoms with Crippen LogP contribution in [0.15, 0.2) is 42.5 Å². The summed E-state index contributed by atoms with van der Waals surface area (Å²) in [5.74, 6) is -0.946. The summed E-state index contributed by atoms with van der Waals surface area (Å²) < 4.78 is 43.1. The van der Waals surface area contributed by atoms with Gasteiger partial charge in [0.05, 0.1) is 5.56 Å². The Kier molecular flexibility index (Phi) is 7.33. The lowest BCUT2D eigenvalue weighted by Gasteiger charge is -2.35. The Bertz CT molecular complexity index is 961. The van der Waals surface area contributed by atoms with Gasteiger partial charge in [0.2, 0.25) is 5.91 Å². The molecule has 0 bridgehead atoms. The van der Waals surface area contributed by atoms with Gasteiger partial charge in [0.15, 0.2) is 0 Å². The highest BCUT2D eigenvalue weighted by atomic mass is 35.5. The monoisotopic (exact) mass is 474 g/mol. The lowest BCUT2D eigenvalue weighted by atomic mass is 10.1. The molecule has 0 aromatic heterocycles. The van der Waals surface area contributed by atoms with E-state index in [1.807, 2.05) is 0 Å². The van der Waals surface area contributed by atoms with Crippen molar-refractivity contribution in [1.29, 1.82) is 0 Å². The minimum Gasteiger partial charge on any atom is -0.488 e. The number of carbonyl (C=O) groups excluding carboxylic acids is 2. The molecule has 5 nitrogen and oxygen atoms in total. The summed E-state index contributed by atoms with van der Waals surface area (Å²) in [7, 11) is 0. The fraction of sp³-hybridized carbons (Fsp3) is 0.333. The molecule has 166 valence electrons. The van der Waals surface area contributed by atoms with Crippen LogP contribution in [0, 0.1) is 0 Å². The highest BCUT2D eigenvalue weighted by molar-refractivity contribution is 6.35. The average molecular weight is 475 g/mol. The van der Waals surface area contributed by atoms with Gasteiger partial charge >= 0.3 is 6.18 Å². The maximum Gasteiger partial charge on any atom is 0.397 e. The lowest BCUT2D eigenvalue weighted by molar-refractivity contribution is -0.162. The SMILES string of the molecule is O=C(CC(F)(F)F)N1CCN(C(=O)c2ccccc2OCc2ccc(Cl)cc2Cl)CC1. The van der Waals surface area contributed by atoms with Crippen LogP contribution in [0.1, 0.15) is 22.3 Å². The third-order valence-electron chi connectivity index (χ3n) is 4.79. The molecule has 3 rings (SSSR count). The molecule has 0 N–H and O–H groups in total. The van der Waals surface area contributed by atoms with Crippen molar-refractivity contribution in [2.24, 2.45) is 0 Å². The molecule has 2 aromatic rings. The van der Waals surface area contributed by atoms with E-state index in [-0.39, 0.29) is 38.7 Å². The summed E-state index contributed by atoms with van der Waals surface area (Å²) in [5, 5.41) is 0.938. The molecule has 0 unspecified atom stereocenters. The predicted molar refractivity (Wildman–Crippen MR) is 110 cm³/mol. The number of halogens is 5. The molecular formula is C21H19Cl2F3N2O3. The molecule has 2 amide bonds. The number of hydrogen-bond donors (Lipinski definition) is 0. The van der Waals surface area contributed by atoms with Gasteiger partial charge < -0.3 is 14.5 Å². The van der Waals surface area contributed by atoms with E-state index in [1.165, 1.54) is 4.90 Å². The van der Waals surface area contributed by atoms with Gasteiger partial charge in [-0.2, -0.15) is 13.2 Å². The molecule has 0 aliphatic carbocycles. The summed E-state index contributed by atoms with van der Waals surface area (Å²) in [6, 6.07) is 11.7. The summed E-state index contributed by atoms with van der Waals surface area (Å²) >= 11 is 12.0. The number of amides is 2. The Labute approximate surface area is 187 Å². The van der Waals surface area contributed by atoms with E-state index >= 15 is 0 Å². The number of hydrogen-bond acceptors (Lipinski definition) is 3. The van der Waals surface area contributed by atoms with Crippen molar-refractivity contribution >= 4 is 35.0 Å². The number of piperazine rings is 1. The van der Waals surface area contributed by atoms with Crippen molar-refractivity contribution in [2.75, 3.05) is 26.2 Å². The number of para-hydroxylation sites is 1. The van der Waals surface area contributed by atoms with Crippen molar-refractivity contribution in [3.8, 4) is 5.75 Å². The van der Waals surface area contributed by atoms with Crippen molar-refractivity contribution in [3.05, 3.63) is 63.6 Å². The van der Waals surface area contributed by atoms with Gasteiger partial charge in [0, 0.05) is 41.8 Å². The molecule has 0 saturated carbocycles. The number of carbonyl (C=O) groups is 2. The molecule has 0 spiro atoms. The molecular weight excluding hydrogens is 456 g/mol. The normalized spacial score (nSPS) is 14.5. The summed E-state index contributed by atoms with van der Waals surface area (Å²) in [4.78, 5) is 27.3. The van der Waals surface area contributed by atoms with E-state index in [4.69, 9.17) is 27.9 Å². The van der Waals surface area contributed by atoms with Crippen LogP contribution in [0.2, 0.25) is 10.0 Å². The lowest BCUT2D eigenvalue weighted by Crippen LogP contribution is -2.51. The van der Waals surface area contributed by atoms with Crippen molar-refractivity contribution in [3.63, 3.8) is 0 Å². The first-order valence-corrected chi connectivity index (χ1v) is 10.2. The minimum atomic E-state index is -4.55. The van der Waals surface area contributed by atoms with Crippen molar-refractivity contribution in [1.82, 2.24) is 9.80 Å². The van der Waals surface area contributed by atoms with Crippen LogP contribution in [0.4, 0.5) is 13.2 Å². The van der Waals surface area contributed by atoms with Crippen LogP contribution in [0.5, 0.6) is 5.75 Å². The molecule has 1 fully saturated rings. The molecule has 1 aliphatic rings. The summed E-state index contributed by atoms with van der Waals surface area (Å²) in [5.41, 5.74) is 1.02. The molecule has 31 heavy (non-hydrogen) atoms. The van der Waals surface area contributed by atoms with Crippen LogP contribution in [0.3, 0.4) is 0 Å². The van der Waals surface area contributed by atoms with Crippen LogP contribution in [0.25, 0.3) is 0 Å². The molecule has 10 heteroatoms. The van der Waals surface area contributed by atoms with E-state index < -0.39 is 18.5 Å². The van der Waals surface area contributed by atoms with Gasteiger partial charge in [-0.05, 0) is 24.3 Å². The fourth-order valence-corrected chi connectivity index (χ4v) is 3.64. The molecule has 1 saturated heterocycles. The van der Waals surface area contributed by atoms with Gasteiger partial charge in [-0.1, -0.05) is 41.4 Å². The van der Waals surface area contributed by atoms with Crippen LogP contribution >= 0.6 is 23.2 Å². The quantitative estimate of drug-likeness (QED) is 0.624. The maximum atomic E-state index is 13.0. The number of alkyl halides is 3. The van der Waals surface area contributed by atoms with Gasteiger partial charge in [-0.15, -0.1) is 0 Å². The Hall–Kier alpha value is -2.45. The number of rotatable bonds is 5. The smallest absolute Gasteiger partial charge is 0.397 e. The van der Waals surface area contributed by atoms with Gasteiger partial charge in [0.25, 0.3) is 5.91 Å². The first kappa shape index (κ1) is 23.2. The summed E-state index contributed by atoms with van der Waals surface area (Å²) in [6.45, 7) is 0.494. The molecule has 2 aromatic carbocycles. The molecule has 1 heterocycles. The van der Waals surface area contributed by atoms with E-state index in [9.17, 15) is 22.8 Å². The second-order valence-electron chi connectivity index (χ2n) is 6.99. The highest BCUT2D eigenvalue weighted by Gasteiger charge is 2.35. The first-order chi connectivity index (χ1) is 14.6. The Morgan fingerprint density at radius 3 is 2.26 bits per heavy atom. The van der Waals surface area contributed by atoms with Crippen LogP contribution < -0.4 is 4.74 Å². The van der Waals surface area contributed by atoms with E-state index in [1.54, 1.807) is 42.5 Å². The minimum absolute atomic E-state index is 0.0457. The second kappa shape index (κ2) is 9.78. The van der Waals surface area contributed by atoms with Crippen LogP contribution in [-0.4, -0.2) is 54.0 Å². The fourth-order valence-electron chi connectivity index (χ4n) is 3.18. The topological polar surface area (TPSA) is 49.9 Å². The second-order valence-corrected chi connectivity index (χ2v) is 7.83. The Morgan fingerprint density at radius 2 is 1.61 bits per heavy atom. The Balaban J connectivity index is 1.63. The average Bonchev–Trinajstić information content (AvgIpc) is 2.72. The first-order valence-electron chi connectivity index (χ1n) is 9.43. The van der Waals surface area contributed by atoms with Gasteiger partial charge in [0.1, 0.15) is 18.8 Å². The highest BCUT2D eigenvalue weighted by Crippen LogP contribution is 2.26. The van der Waals surface area contributed by atoms with E-state index in [0.717, 1.165) is 4.90 Å². The number of nitrogens with zero attached hydrogens (tertiary/aromatic N) is 2. The van der Waals surface area contributed by atoms with Crippen LogP contribution in [-0.2, 0) is 11.4 Å². The van der Waals surface area contributed by atoms with E-state index in [2.05, 4.69) is 0 Å². The number of benzene rings is 2. The third kappa shape index (κ3) is 6.27. The standard InChI is InChI=1S/C21H19Cl2F3N2O3/c22-15-6-5-14(17(23)11-15)13-31-18-4-2-1-3-16(18)20(30)28-9-7-27(8-10-28)19(29)12-21(24,25)26/h1-6,11H,7-10,12-13H2. The van der Waals surface area contributed by atoms with Crippen molar-refractivity contribution < 1.29 is 27.5 Å². The molecule has 0 atom stereocenters. The maximum absolute atomic E-state index is 13.0. The largest absolute Gasteiger partial charge is 0.488 e. The van der Waals surface area contributed by atoms with E-state index in [0.29, 0.717) is 26.9 Å². The Morgan fingerprint density at radius 1 is 0.968 bits per heavy atom.